The summed E-state index contributed by atoms with van der Waals surface area (Å²) in [4.78, 5) is 26.8. The standard InChI is InChI=1S/C22H32N2O6S/c1-16-12-17(2)14-23(13-16)21(25)15-30-22(26)18-8-10-24(11-9-18)31(27,28)20-6-4-19(29-3)5-7-20/h4-7,16-18H,8-15H2,1-3H3. The van der Waals surface area contributed by atoms with Gasteiger partial charge in [0, 0.05) is 26.2 Å². The molecule has 1 aromatic carbocycles. The van der Waals surface area contributed by atoms with Crippen LogP contribution in [0.25, 0.3) is 0 Å². The molecule has 0 aliphatic carbocycles. The van der Waals surface area contributed by atoms with E-state index in [-0.39, 0.29) is 30.5 Å². The molecule has 2 unspecified atom stereocenters. The summed E-state index contributed by atoms with van der Waals surface area (Å²) in [5.74, 6) is 0.498. The van der Waals surface area contributed by atoms with E-state index in [1.165, 1.54) is 23.5 Å². The summed E-state index contributed by atoms with van der Waals surface area (Å²) in [6.07, 6.45) is 1.85. The average Bonchev–Trinajstić information content (AvgIpc) is 2.76. The Balaban J connectivity index is 1.48. The minimum absolute atomic E-state index is 0.161. The largest absolute Gasteiger partial charge is 0.497 e. The monoisotopic (exact) mass is 452 g/mol. The molecule has 0 spiro atoms. The second kappa shape index (κ2) is 9.99. The van der Waals surface area contributed by atoms with Gasteiger partial charge in [0.15, 0.2) is 6.61 Å². The Bertz CT molecular complexity index is 868. The molecule has 0 N–H and O–H groups in total. The fourth-order valence-corrected chi connectivity index (χ4v) is 5.91. The van der Waals surface area contributed by atoms with Gasteiger partial charge in [-0.15, -0.1) is 0 Å². The minimum Gasteiger partial charge on any atom is -0.497 e. The third-order valence-electron chi connectivity index (χ3n) is 6.04. The molecule has 172 valence electrons. The van der Waals surface area contributed by atoms with Crippen molar-refractivity contribution in [3.8, 4) is 5.75 Å². The molecular formula is C22H32N2O6S. The minimum atomic E-state index is -3.62. The van der Waals surface area contributed by atoms with Gasteiger partial charge in [-0.3, -0.25) is 9.59 Å². The fourth-order valence-electron chi connectivity index (χ4n) is 4.44. The number of piperidine rings is 2. The van der Waals surface area contributed by atoms with Crippen LogP contribution < -0.4 is 4.74 Å². The van der Waals surface area contributed by atoms with Crippen molar-refractivity contribution in [2.24, 2.45) is 17.8 Å². The van der Waals surface area contributed by atoms with Crippen LogP contribution in [0.15, 0.2) is 29.2 Å². The number of methoxy groups -OCH3 is 1. The molecule has 0 radical (unpaired) electrons. The van der Waals surface area contributed by atoms with Gasteiger partial charge in [0.2, 0.25) is 10.0 Å². The van der Waals surface area contributed by atoms with Crippen LogP contribution in [0.5, 0.6) is 5.75 Å². The Morgan fingerprint density at radius 2 is 1.61 bits per heavy atom. The molecule has 2 fully saturated rings. The van der Waals surface area contributed by atoms with Gasteiger partial charge in [-0.25, -0.2) is 8.42 Å². The summed E-state index contributed by atoms with van der Waals surface area (Å²) in [6, 6.07) is 6.25. The van der Waals surface area contributed by atoms with Crippen LogP contribution in [0, 0.1) is 17.8 Å². The van der Waals surface area contributed by atoms with E-state index in [0.29, 0.717) is 43.5 Å². The third kappa shape index (κ3) is 5.77. The number of carbonyl (C=O) groups excluding carboxylic acids is 2. The van der Waals surface area contributed by atoms with Gasteiger partial charge in [-0.1, -0.05) is 13.8 Å². The van der Waals surface area contributed by atoms with Crippen molar-refractivity contribution in [1.82, 2.24) is 9.21 Å². The smallest absolute Gasteiger partial charge is 0.309 e. The van der Waals surface area contributed by atoms with Gasteiger partial charge in [0.25, 0.3) is 5.91 Å². The van der Waals surface area contributed by atoms with Gasteiger partial charge >= 0.3 is 5.97 Å². The number of amides is 1. The second-order valence-electron chi connectivity index (χ2n) is 8.71. The highest BCUT2D eigenvalue weighted by molar-refractivity contribution is 7.89. The Kier molecular flexibility index (Phi) is 7.59. The first-order chi connectivity index (χ1) is 14.7. The zero-order valence-electron chi connectivity index (χ0n) is 18.5. The number of carbonyl (C=O) groups is 2. The molecule has 2 aliphatic heterocycles. The van der Waals surface area contributed by atoms with Gasteiger partial charge in [-0.2, -0.15) is 4.31 Å². The van der Waals surface area contributed by atoms with Crippen molar-refractivity contribution in [2.75, 3.05) is 39.9 Å². The van der Waals surface area contributed by atoms with Crippen LogP contribution >= 0.6 is 0 Å². The molecule has 0 aromatic heterocycles. The number of hydrogen-bond donors (Lipinski definition) is 0. The lowest BCUT2D eigenvalue weighted by molar-refractivity contribution is -0.157. The molecule has 31 heavy (non-hydrogen) atoms. The van der Waals surface area contributed by atoms with Crippen LogP contribution in [0.2, 0.25) is 0 Å². The first kappa shape index (κ1) is 23.5. The Morgan fingerprint density at radius 3 is 2.16 bits per heavy atom. The van der Waals surface area contributed by atoms with E-state index >= 15 is 0 Å². The topological polar surface area (TPSA) is 93.2 Å². The van der Waals surface area contributed by atoms with Crippen LogP contribution in [0.4, 0.5) is 0 Å². The summed E-state index contributed by atoms with van der Waals surface area (Å²) in [5.41, 5.74) is 0. The molecule has 9 heteroatoms. The number of nitrogens with zero attached hydrogens (tertiary/aromatic N) is 2. The predicted octanol–water partition coefficient (Wildman–Crippen LogP) is 2.14. The quantitative estimate of drug-likeness (QED) is 0.614. The average molecular weight is 453 g/mol. The lowest BCUT2D eigenvalue weighted by Crippen LogP contribution is -2.45. The summed E-state index contributed by atoms with van der Waals surface area (Å²) < 4.78 is 37.4. The zero-order valence-corrected chi connectivity index (χ0v) is 19.3. The molecule has 2 saturated heterocycles. The molecule has 1 amide bonds. The molecule has 3 rings (SSSR count). The SMILES string of the molecule is COc1ccc(S(=O)(=O)N2CCC(C(=O)OCC(=O)N3CC(C)CC(C)C3)CC2)cc1. The number of esters is 1. The van der Waals surface area contributed by atoms with Crippen molar-refractivity contribution < 1.29 is 27.5 Å². The van der Waals surface area contributed by atoms with Crippen molar-refractivity contribution in [2.45, 2.75) is 38.0 Å². The van der Waals surface area contributed by atoms with E-state index in [1.807, 2.05) is 0 Å². The summed E-state index contributed by atoms with van der Waals surface area (Å²) in [7, 11) is -2.10. The van der Waals surface area contributed by atoms with Gasteiger partial charge in [-0.05, 0) is 55.4 Å². The Morgan fingerprint density at radius 1 is 1.03 bits per heavy atom. The first-order valence-electron chi connectivity index (χ1n) is 10.8. The van der Waals surface area contributed by atoms with Gasteiger partial charge in [0.1, 0.15) is 5.75 Å². The number of sulfonamides is 1. The van der Waals surface area contributed by atoms with Crippen molar-refractivity contribution >= 4 is 21.9 Å². The summed E-state index contributed by atoms with van der Waals surface area (Å²) in [6.45, 7) is 5.87. The molecule has 0 bridgehead atoms. The van der Waals surface area contributed by atoms with Crippen LogP contribution in [0.3, 0.4) is 0 Å². The van der Waals surface area contributed by atoms with Gasteiger partial charge < -0.3 is 14.4 Å². The van der Waals surface area contributed by atoms with Crippen molar-refractivity contribution in [1.29, 1.82) is 0 Å². The summed E-state index contributed by atoms with van der Waals surface area (Å²) >= 11 is 0. The van der Waals surface area contributed by atoms with Crippen molar-refractivity contribution in [3.63, 3.8) is 0 Å². The summed E-state index contributed by atoms with van der Waals surface area (Å²) in [5, 5.41) is 0. The van der Waals surface area contributed by atoms with Crippen LogP contribution in [-0.2, 0) is 24.3 Å². The van der Waals surface area contributed by atoms with Crippen molar-refractivity contribution in [3.05, 3.63) is 24.3 Å². The first-order valence-corrected chi connectivity index (χ1v) is 12.2. The number of rotatable bonds is 6. The molecule has 2 heterocycles. The highest BCUT2D eigenvalue weighted by Crippen LogP contribution is 2.26. The Hall–Kier alpha value is -2.13. The number of benzene rings is 1. The van der Waals surface area contributed by atoms with E-state index in [0.717, 1.165) is 6.42 Å². The molecule has 8 nitrogen and oxygen atoms in total. The maximum Gasteiger partial charge on any atom is 0.309 e. The Labute approximate surface area is 184 Å². The molecule has 1 aromatic rings. The fraction of sp³-hybridized carbons (Fsp3) is 0.636. The third-order valence-corrected chi connectivity index (χ3v) is 7.96. The zero-order chi connectivity index (χ0) is 22.6. The normalized spacial score (nSPS) is 23.4. The molecule has 2 atom stereocenters. The van der Waals surface area contributed by atoms with E-state index in [1.54, 1.807) is 17.0 Å². The van der Waals surface area contributed by atoms with E-state index < -0.39 is 21.9 Å². The number of ether oxygens (including phenoxy) is 2. The van der Waals surface area contributed by atoms with E-state index in [9.17, 15) is 18.0 Å². The maximum atomic E-state index is 12.8. The lowest BCUT2D eigenvalue weighted by atomic mass is 9.92. The van der Waals surface area contributed by atoms with Crippen LogP contribution in [0.1, 0.15) is 33.1 Å². The van der Waals surface area contributed by atoms with Crippen LogP contribution in [-0.4, -0.2) is 69.4 Å². The highest BCUT2D eigenvalue weighted by Gasteiger charge is 2.33. The predicted molar refractivity (Wildman–Crippen MR) is 115 cm³/mol. The second-order valence-corrected chi connectivity index (χ2v) is 10.6. The highest BCUT2D eigenvalue weighted by atomic mass is 32.2. The van der Waals surface area contributed by atoms with E-state index in [4.69, 9.17) is 9.47 Å². The van der Waals surface area contributed by atoms with E-state index in [2.05, 4.69) is 13.8 Å². The molecular weight excluding hydrogens is 420 g/mol. The maximum absolute atomic E-state index is 12.8. The molecule has 2 aliphatic rings. The number of hydrogen-bond acceptors (Lipinski definition) is 6. The number of likely N-dealkylation sites (tertiary alicyclic amines) is 1. The molecule has 0 saturated carbocycles. The lowest BCUT2D eigenvalue weighted by Gasteiger charge is -2.35. The van der Waals surface area contributed by atoms with Gasteiger partial charge in [0.05, 0.1) is 17.9 Å².